The summed E-state index contributed by atoms with van der Waals surface area (Å²) in [6, 6.07) is 0. The number of rotatable bonds is 6. The summed E-state index contributed by atoms with van der Waals surface area (Å²) in [6.07, 6.45) is 4.76. The average Bonchev–Trinajstić information content (AvgIpc) is 2.10. The van der Waals surface area contributed by atoms with Crippen LogP contribution in [-0.4, -0.2) is 26.3 Å². The molecule has 1 aliphatic rings. The first-order valence-electron chi connectivity index (χ1n) is 5.13. The predicted octanol–water partition coefficient (Wildman–Crippen LogP) is 1.92. The molecule has 3 heteroatoms. The molecule has 0 amide bonds. The normalized spacial score (nSPS) is 19.9. The Hall–Kier alpha value is -0.830. The monoisotopic (exact) mass is 198 g/mol. The van der Waals surface area contributed by atoms with Crippen LogP contribution in [0, 0.1) is 5.92 Å². The Morgan fingerprint density at radius 2 is 2.36 bits per heavy atom. The molecule has 0 aromatic rings. The van der Waals surface area contributed by atoms with Crippen LogP contribution >= 0.6 is 0 Å². The fourth-order valence-electron chi connectivity index (χ4n) is 1.40. The van der Waals surface area contributed by atoms with E-state index in [1.165, 1.54) is 5.57 Å². The van der Waals surface area contributed by atoms with E-state index in [-0.39, 0.29) is 11.9 Å². The molecule has 0 aliphatic heterocycles. The topological polar surface area (TPSA) is 35.5 Å². The molecule has 0 saturated carbocycles. The minimum absolute atomic E-state index is 0.0167. The van der Waals surface area contributed by atoms with E-state index in [0.29, 0.717) is 13.2 Å². The smallest absolute Gasteiger partial charge is 0.313 e. The number of unbranched alkanes of at least 4 members (excludes halogenated alkanes) is 1. The summed E-state index contributed by atoms with van der Waals surface area (Å²) in [6.45, 7) is 3.27. The fraction of sp³-hybridized carbons (Fsp3) is 0.727. The maximum absolute atomic E-state index is 11.3. The van der Waals surface area contributed by atoms with Crippen molar-refractivity contribution < 1.29 is 14.3 Å². The Morgan fingerprint density at radius 1 is 1.64 bits per heavy atom. The zero-order valence-electron chi connectivity index (χ0n) is 8.91. The number of carbonyl (C=O) groups excluding carboxylic acids is 1. The lowest BCUT2D eigenvalue weighted by Crippen LogP contribution is -2.24. The summed E-state index contributed by atoms with van der Waals surface area (Å²) in [5.41, 5.74) is 1.20. The third-order valence-corrected chi connectivity index (χ3v) is 2.29. The van der Waals surface area contributed by atoms with Gasteiger partial charge in [0.15, 0.2) is 0 Å². The van der Waals surface area contributed by atoms with Crippen molar-refractivity contribution in [3.05, 3.63) is 11.6 Å². The van der Waals surface area contributed by atoms with Gasteiger partial charge in [0.05, 0.1) is 19.1 Å². The summed E-state index contributed by atoms with van der Waals surface area (Å²) < 4.78 is 10.0. The highest BCUT2D eigenvalue weighted by Gasteiger charge is 2.26. The first-order valence-corrected chi connectivity index (χ1v) is 5.13. The summed E-state index contributed by atoms with van der Waals surface area (Å²) in [7, 11) is 1.66. The number of ether oxygens (including phenoxy) is 2. The first-order chi connectivity index (χ1) is 6.77. The standard InChI is InChI=1S/C11H18O3/c1-3-4-5-14-11(12)10-6-9(7-10)8-13-2/h6,10H,3-5,7-8H2,1-2H3/t10-/m0/s1. The van der Waals surface area contributed by atoms with Crippen molar-refractivity contribution in [2.45, 2.75) is 26.2 Å². The molecule has 0 saturated heterocycles. The van der Waals surface area contributed by atoms with Crippen LogP contribution < -0.4 is 0 Å². The highest BCUT2D eigenvalue weighted by atomic mass is 16.5. The number of carbonyl (C=O) groups is 1. The predicted molar refractivity (Wildman–Crippen MR) is 53.9 cm³/mol. The Balaban J connectivity index is 2.16. The van der Waals surface area contributed by atoms with Gasteiger partial charge in [-0.15, -0.1) is 0 Å². The van der Waals surface area contributed by atoms with Gasteiger partial charge >= 0.3 is 5.97 Å². The molecule has 3 nitrogen and oxygen atoms in total. The molecule has 0 aromatic heterocycles. The van der Waals surface area contributed by atoms with Crippen LogP contribution in [0.2, 0.25) is 0 Å². The SMILES string of the molecule is CCCCOC(=O)[C@H]1C=C(COC)C1. The van der Waals surface area contributed by atoms with E-state index in [0.717, 1.165) is 19.3 Å². The van der Waals surface area contributed by atoms with Gasteiger partial charge in [0.2, 0.25) is 0 Å². The molecule has 1 atom stereocenters. The largest absolute Gasteiger partial charge is 0.465 e. The van der Waals surface area contributed by atoms with E-state index in [4.69, 9.17) is 9.47 Å². The van der Waals surface area contributed by atoms with E-state index >= 15 is 0 Å². The van der Waals surface area contributed by atoms with Crippen LogP contribution in [0.5, 0.6) is 0 Å². The third-order valence-electron chi connectivity index (χ3n) is 2.29. The molecular formula is C11H18O3. The van der Waals surface area contributed by atoms with Crippen LogP contribution in [0.15, 0.2) is 11.6 Å². The van der Waals surface area contributed by atoms with Gasteiger partial charge in [0.25, 0.3) is 0 Å². The summed E-state index contributed by atoms with van der Waals surface area (Å²) in [5, 5.41) is 0. The number of methoxy groups -OCH3 is 1. The molecule has 0 spiro atoms. The molecule has 1 aliphatic carbocycles. The minimum atomic E-state index is -0.0849. The summed E-state index contributed by atoms with van der Waals surface area (Å²) in [5.74, 6) is -0.102. The second-order valence-electron chi connectivity index (χ2n) is 3.59. The number of hydrogen-bond acceptors (Lipinski definition) is 3. The average molecular weight is 198 g/mol. The van der Waals surface area contributed by atoms with Gasteiger partial charge in [-0.05, 0) is 18.4 Å². The zero-order valence-corrected chi connectivity index (χ0v) is 8.91. The second-order valence-corrected chi connectivity index (χ2v) is 3.59. The lowest BCUT2D eigenvalue weighted by atomic mass is 9.87. The zero-order chi connectivity index (χ0) is 10.4. The molecule has 0 aromatic carbocycles. The number of esters is 1. The van der Waals surface area contributed by atoms with Gasteiger partial charge < -0.3 is 9.47 Å². The Morgan fingerprint density at radius 3 is 2.93 bits per heavy atom. The fourth-order valence-corrected chi connectivity index (χ4v) is 1.40. The van der Waals surface area contributed by atoms with Gasteiger partial charge in [-0.25, -0.2) is 0 Å². The molecule has 0 bridgehead atoms. The first kappa shape index (κ1) is 11.2. The van der Waals surface area contributed by atoms with Crippen molar-refractivity contribution in [3.8, 4) is 0 Å². The Bertz CT molecular complexity index is 221. The number of hydrogen-bond donors (Lipinski definition) is 0. The van der Waals surface area contributed by atoms with Crippen molar-refractivity contribution in [1.29, 1.82) is 0 Å². The van der Waals surface area contributed by atoms with Gasteiger partial charge in [0, 0.05) is 7.11 Å². The Labute approximate surface area is 85.1 Å². The van der Waals surface area contributed by atoms with Gasteiger partial charge in [-0.1, -0.05) is 19.4 Å². The quantitative estimate of drug-likeness (QED) is 0.371. The van der Waals surface area contributed by atoms with Gasteiger partial charge in [0.1, 0.15) is 0 Å². The van der Waals surface area contributed by atoms with Gasteiger partial charge in [-0.3, -0.25) is 4.79 Å². The van der Waals surface area contributed by atoms with Crippen LogP contribution in [0.3, 0.4) is 0 Å². The van der Waals surface area contributed by atoms with E-state index < -0.39 is 0 Å². The van der Waals surface area contributed by atoms with Crippen molar-refractivity contribution >= 4 is 5.97 Å². The maximum Gasteiger partial charge on any atom is 0.313 e. The summed E-state index contributed by atoms with van der Waals surface area (Å²) >= 11 is 0. The van der Waals surface area contributed by atoms with Gasteiger partial charge in [-0.2, -0.15) is 0 Å². The van der Waals surface area contributed by atoms with Crippen molar-refractivity contribution in [1.82, 2.24) is 0 Å². The molecule has 0 heterocycles. The second kappa shape index (κ2) is 5.81. The molecule has 0 fully saturated rings. The molecule has 0 unspecified atom stereocenters. The van der Waals surface area contributed by atoms with E-state index in [1.807, 2.05) is 6.08 Å². The Kier molecular flexibility index (Phi) is 4.66. The van der Waals surface area contributed by atoms with Crippen LogP contribution in [-0.2, 0) is 14.3 Å². The molecule has 14 heavy (non-hydrogen) atoms. The lowest BCUT2D eigenvalue weighted by Gasteiger charge is -2.23. The summed E-state index contributed by atoms with van der Waals surface area (Å²) in [4.78, 5) is 11.3. The molecule has 80 valence electrons. The maximum atomic E-state index is 11.3. The molecule has 0 N–H and O–H groups in total. The van der Waals surface area contributed by atoms with Crippen LogP contribution in [0.25, 0.3) is 0 Å². The van der Waals surface area contributed by atoms with Crippen molar-refractivity contribution in [2.75, 3.05) is 20.3 Å². The molecule has 0 radical (unpaired) electrons. The van der Waals surface area contributed by atoms with Crippen molar-refractivity contribution in [3.63, 3.8) is 0 Å². The highest BCUT2D eigenvalue weighted by Crippen LogP contribution is 2.26. The highest BCUT2D eigenvalue weighted by molar-refractivity contribution is 5.76. The van der Waals surface area contributed by atoms with Crippen LogP contribution in [0.1, 0.15) is 26.2 Å². The van der Waals surface area contributed by atoms with Crippen molar-refractivity contribution in [2.24, 2.45) is 5.92 Å². The minimum Gasteiger partial charge on any atom is -0.465 e. The third kappa shape index (κ3) is 3.14. The molecular weight excluding hydrogens is 180 g/mol. The lowest BCUT2D eigenvalue weighted by molar-refractivity contribution is -0.147. The van der Waals surface area contributed by atoms with E-state index in [1.54, 1.807) is 7.11 Å². The van der Waals surface area contributed by atoms with E-state index in [9.17, 15) is 4.79 Å². The van der Waals surface area contributed by atoms with E-state index in [2.05, 4.69) is 6.92 Å². The molecule has 1 rings (SSSR count). The van der Waals surface area contributed by atoms with Crippen LogP contribution in [0.4, 0.5) is 0 Å².